The number of carboxylic acid groups (broad SMARTS) is 1. The quantitative estimate of drug-likeness (QED) is 0.878. The molecule has 1 heterocycles. The van der Waals surface area contributed by atoms with Gasteiger partial charge in [-0.1, -0.05) is 30.3 Å². The highest BCUT2D eigenvalue weighted by Crippen LogP contribution is 2.17. The lowest BCUT2D eigenvalue weighted by molar-refractivity contribution is -0.139. The molecule has 6 heteroatoms. The largest absolute Gasteiger partial charge is 0.480 e. The number of carboxylic acids is 1. The standard InChI is InChI=1S/C14H12BrNO4/c15-10-6-7-20-12(10)13(17)16-11(14(18)19)8-9-4-2-1-3-5-9/h1-7,11H,8H2,(H,16,17)(H,18,19)/t11-/m0/s1. The highest BCUT2D eigenvalue weighted by atomic mass is 79.9. The maximum Gasteiger partial charge on any atom is 0.326 e. The van der Waals surface area contributed by atoms with Crippen molar-refractivity contribution in [2.75, 3.05) is 0 Å². The molecular weight excluding hydrogens is 326 g/mol. The maximum absolute atomic E-state index is 11.9. The van der Waals surface area contributed by atoms with E-state index < -0.39 is 17.9 Å². The molecule has 0 aliphatic rings. The van der Waals surface area contributed by atoms with E-state index in [1.54, 1.807) is 6.07 Å². The van der Waals surface area contributed by atoms with Crippen LogP contribution in [0.3, 0.4) is 0 Å². The van der Waals surface area contributed by atoms with Crippen molar-refractivity contribution < 1.29 is 19.1 Å². The molecule has 0 unspecified atom stereocenters. The summed E-state index contributed by atoms with van der Waals surface area (Å²) in [7, 11) is 0. The van der Waals surface area contributed by atoms with Gasteiger partial charge in [0.05, 0.1) is 10.7 Å². The van der Waals surface area contributed by atoms with Crippen LogP contribution in [0.1, 0.15) is 16.1 Å². The summed E-state index contributed by atoms with van der Waals surface area (Å²) in [4.78, 5) is 23.2. The molecule has 1 aromatic heterocycles. The minimum atomic E-state index is -1.09. The second-order valence-corrected chi connectivity index (χ2v) is 5.01. The molecule has 0 radical (unpaired) electrons. The molecule has 2 rings (SSSR count). The van der Waals surface area contributed by atoms with Crippen LogP contribution in [0.2, 0.25) is 0 Å². The third-order valence-corrected chi connectivity index (χ3v) is 3.33. The monoisotopic (exact) mass is 337 g/mol. The summed E-state index contributed by atoms with van der Waals surface area (Å²) < 4.78 is 5.49. The Balaban J connectivity index is 2.09. The fourth-order valence-electron chi connectivity index (χ4n) is 1.73. The number of benzene rings is 1. The van der Waals surface area contributed by atoms with E-state index in [1.807, 2.05) is 30.3 Å². The molecule has 0 aliphatic heterocycles. The van der Waals surface area contributed by atoms with Crippen LogP contribution in [0.15, 0.2) is 51.6 Å². The first-order chi connectivity index (χ1) is 9.58. The molecule has 1 aromatic carbocycles. The minimum absolute atomic E-state index is 0.0595. The van der Waals surface area contributed by atoms with Crippen LogP contribution in [0, 0.1) is 0 Å². The molecule has 20 heavy (non-hydrogen) atoms. The fourth-order valence-corrected chi connectivity index (χ4v) is 2.11. The van der Waals surface area contributed by atoms with Gasteiger partial charge in [0.15, 0.2) is 0 Å². The van der Waals surface area contributed by atoms with E-state index in [2.05, 4.69) is 21.2 Å². The molecule has 0 spiro atoms. The molecule has 5 nitrogen and oxygen atoms in total. The van der Waals surface area contributed by atoms with E-state index in [4.69, 9.17) is 4.42 Å². The number of carbonyl (C=O) groups is 2. The van der Waals surface area contributed by atoms with Crippen molar-refractivity contribution in [1.29, 1.82) is 0 Å². The summed E-state index contributed by atoms with van der Waals surface area (Å²) in [6, 6.07) is 9.66. The number of hydrogen-bond donors (Lipinski definition) is 2. The van der Waals surface area contributed by atoms with Crippen molar-refractivity contribution in [3.63, 3.8) is 0 Å². The fraction of sp³-hybridized carbons (Fsp3) is 0.143. The molecule has 2 aromatic rings. The van der Waals surface area contributed by atoms with Gasteiger partial charge in [-0.25, -0.2) is 4.79 Å². The van der Waals surface area contributed by atoms with Gasteiger partial charge in [-0.05, 0) is 27.6 Å². The highest BCUT2D eigenvalue weighted by molar-refractivity contribution is 9.10. The predicted molar refractivity (Wildman–Crippen MR) is 75.4 cm³/mol. The van der Waals surface area contributed by atoms with Gasteiger partial charge in [-0.2, -0.15) is 0 Å². The van der Waals surface area contributed by atoms with E-state index in [0.29, 0.717) is 4.47 Å². The number of halogens is 1. The van der Waals surface area contributed by atoms with Crippen LogP contribution in [0.25, 0.3) is 0 Å². The van der Waals surface area contributed by atoms with Gasteiger partial charge in [0.2, 0.25) is 5.76 Å². The van der Waals surface area contributed by atoms with Crippen LogP contribution in [0.4, 0.5) is 0 Å². The van der Waals surface area contributed by atoms with Gasteiger partial charge in [-0.15, -0.1) is 0 Å². The molecule has 0 saturated heterocycles. The third kappa shape index (κ3) is 3.48. The third-order valence-electron chi connectivity index (χ3n) is 2.71. The highest BCUT2D eigenvalue weighted by Gasteiger charge is 2.23. The lowest BCUT2D eigenvalue weighted by atomic mass is 10.1. The van der Waals surface area contributed by atoms with Crippen molar-refractivity contribution in [3.05, 3.63) is 58.5 Å². The zero-order valence-corrected chi connectivity index (χ0v) is 12.0. The molecule has 0 fully saturated rings. The SMILES string of the molecule is O=C(N[C@@H](Cc1ccccc1)C(=O)O)c1occc1Br. The second kappa shape index (κ2) is 6.38. The molecular formula is C14H12BrNO4. The smallest absolute Gasteiger partial charge is 0.326 e. The molecule has 0 saturated carbocycles. The summed E-state index contributed by atoms with van der Waals surface area (Å²) in [5, 5.41) is 11.6. The summed E-state index contributed by atoms with van der Waals surface area (Å²) in [5.41, 5.74) is 0.832. The van der Waals surface area contributed by atoms with E-state index in [-0.39, 0.29) is 12.2 Å². The molecule has 0 bridgehead atoms. The Bertz CT molecular complexity index is 609. The number of rotatable bonds is 5. The zero-order chi connectivity index (χ0) is 14.5. The summed E-state index contributed by atoms with van der Waals surface area (Å²) in [6.07, 6.45) is 1.56. The van der Waals surface area contributed by atoms with Gasteiger partial charge in [0, 0.05) is 6.42 Å². The summed E-state index contributed by atoms with van der Waals surface area (Å²) >= 11 is 3.16. The molecule has 0 aliphatic carbocycles. The van der Waals surface area contributed by atoms with Gasteiger partial charge in [0.1, 0.15) is 6.04 Å². The first-order valence-corrected chi connectivity index (χ1v) is 6.68. The maximum atomic E-state index is 11.9. The number of hydrogen-bond acceptors (Lipinski definition) is 3. The minimum Gasteiger partial charge on any atom is -0.480 e. The van der Waals surface area contributed by atoms with Gasteiger partial charge >= 0.3 is 5.97 Å². The van der Waals surface area contributed by atoms with Crippen LogP contribution < -0.4 is 5.32 Å². The molecule has 1 atom stereocenters. The average Bonchev–Trinajstić information content (AvgIpc) is 2.85. The summed E-state index contributed by atoms with van der Waals surface area (Å²) in [6.45, 7) is 0. The Labute approximate surface area is 123 Å². The number of carbonyl (C=O) groups excluding carboxylic acids is 1. The lowest BCUT2D eigenvalue weighted by Crippen LogP contribution is -2.42. The topological polar surface area (TPSA) is 79.5 Å². The first kappa shape index (κ1) is 14.3. The van der Waals surface area contributed by atoms with Crippen molar-refractivity contribution >= 4 is 27.8 Å². The number of nitrogens with one attached hydrogen (secondary N) is 1. The van der Waals surface area contributed by atoms with Crippen LogP contribution in [-0.2, 0) is 11.2 Å². The summed E-state index contributed by atoms with van der Waals surface area (Å²) in [5.74, 6) is -1.60. The van der Waals surface area contributed by atoms with E-state index >= 15 is 0 Å². The van der Waals surface area contributed by atoms with Crippen molar-refractivity contribution in [2.24, 2.45) is 0 Å². The predicted octanol–water partition coefficient (Wildman–Crippen LogP) is 2.47. The Morgan fingerprint density at radius 1 is 1.25 bits per heavy atom. The number of furan rings is 1. The second-order valence-electron chi connectivity index (χ2n) is 4.15. The Kier molecular flexibility index (Phi) is 4.57. The van der Waals surface area contributed by atoms with E-state index in [1.165, 1.54) is 6.26 Å². The normalized spacial score (nSPS) is 11.8. The Morgan fingerprint density at radius 3 is 2.50 bits per heavy atom. The molecule has 2 N–H and O–H groups in total. The average molecular weight is 338 g/mol. The van der Waals surface area contributed by atoms with Crippen molar-refractivity contribution in [3.8, 4) is 0 Å². The van der Waals surface area contributed by atoms with Crippen LogP contribution >= 0.6 is 15.9 Å². The van der Waals surface area contributed by atoms with E-state index in [0.717, 1.165) is 5.56 Å². The first-order valence-electron chi connectivity index (χ1n) is 5.88. The molecule has 104 valence electrons. The van der Waals surface area contributed by atoms with Gasteiger partial charge < -0.3 is 14.8 Å². The number of amides is 1. The van der Waals surface area contributed by atoms with Crippen molar-refractivity contribution in [2.45, 2.75) is 12.5 Å². The van der Waals surface area contributed by atoms with Crippen LogP contribution in [-0.4, -0.2) is 23.0 Å². The van der Waals surface area contributed by atoms with Gasteiger partial charge in [-0.3, -0.25) is 4.79 Å². The van der Waals surface area contributed by atoms with Crippen molar-refractivity contribution in [1.82, 2.24) is 5.32 Å². The zero-order valence-electron chi connectivity index (χ0n) is 10.4. The number of aliphatic carboxylic acids is 1. The Hall–Kier alpha value is -2.08. The van der Waals surface area contributed by atoms with Gasteiger partial charge in [0.25, 0.3) is 5.91 Å². The van der Waals surface area contributed by atoms with Crippen LogP contribution in [0.5, 0.6) is 0 Å². The Morgan fingerprint density at radius 2 is 1.95 bits per heavy atom. The van der Waals surface area contributed by atoms with E-state index in [9.17, 15) is 14.7 Å². The molecule has 1 amide bonds. The lowest BCUT2D eigenvalue weighted by Gasteiger charge is -2.13.